The highest BCUT2D eigenvalue weighted by Crippen LogP contribution is 2.19. The summed E-state index contributed by atoms with van der Waals surface area (Å²) in [5, 5.41) is 3.76. The minimum Gasteiger partial charge on any atom is -0.334 e. The molecule has 0 amide bonds. The van der Waals surface area contributed by atoms with E-state index in [-0.39, 0.29) is 0 Å². The first-order chi connectivity index (χ1) is 6.66. The number of hydrogen-bond donors (Lipinski definition) is 0. The van der Waals surface area contributed by atoms with E-state index in [4.69, 9.17) is 4.52 Å². The van der Waals surface area contributed by atoms with E-state index in [9.17, 15) is 0 Å². The van der Waals surface area contributed by atoms with Gasteiger partial charge in [-0.1, -0.05) is 11.2 Å². The zero-order valence-corrected chi connectivity index (χ0v) is 8.53. The maximum Gasteiger partial charge on any atom is 0.257 e. The monoisotopic (exact) mass is 188 g/mol. The Kier molecular flexibility index (Phi) is 2.08. The summed E-state index contributed by atoms with van der Waals surface area (Å²) in [5.74, 6) is 1.25. The van der Waals surface area contributed by atoms with Gasteiger partial charge in [-0.15, -0.1) is 0 Å². The standard InChI is InChI=1S/C11H12N2O/c1-7-4-5-10(6-8(7)2)11-12-9(3)13-14-11/h4-6H,1-3H3. The van der Waals surface area contributed by atoms with Crippen molar-refractivity contribution in [3.05, 3.63) is 35.2 Å². The van der Waals surface area contributed by atoms with Gasteiger partial charge in [-0.05, 0) is 44.0 Å². The molecule has 3 nitrogen and oxygen atoms in total. The highest BCUT2D eigenvalue weighted by atomic mass is 16.5. The SMILES string of the molecule is Cc1noc(-c2ccc(C)c(C)c2)n1. The lowest BCUT2D eigenvalue weighted by Crippen LogP contribution is -1.83. The van der Waals surface area contributed by atoms with Crippen LogP contribution in [-0.2, 0) is 0 Å². The molecule has 0 saturated carbocycles. The van der Waals surface area contributed by atoms with Crippen molar-refractivity contribution in [3.63, 3.8) is 0 Å². The molecule has 0 fully saturated rings. The highest BCUT2D eigenvalue weighted by Gasteiger charge is 2.06. The van der Waals surface area contributed by atoms with E-state index in [0.29, 0.717) is 11.7 Å². The van der Waals surface area contributed by atoms with E-state index >= 15 is 0 Å². The Morgan fingerprint density at radius 2 is 1.86 bits per heavy atom. The fraction of sp³-hybridized carbons (Fsp3) is 0.273. The predicted molar refractivity (Wildman–Crippen MR) is 53.9 cm³/mol. The number of benzene rings is 1. The van der Waals surface area contributed by atoms with Gasteiger partial charge in [0.2, 0.25) is 0 Å². The molecule has 0 unspecified atom stereocenters. The summed E-state index contributed by atoms with van der Waals surface area (Å²) in [4.78, 5) is 4.17. The number of nitrogens with zero attached hydrogens (tertiary/aromatic N) is 2. The summed E-state index contributed by atoms with van der Waals surface area (Å²) in [6, 6.07) is 6.11. The van der Waals surface area contributed by atoms with Crippen LogP contribution in [0.1, 0.15) is 17.0 Å². The summed E-state index contributed by atoms with van der Waals surface area (Å²) in [5.41, 5.74) is 3.48. The van der Waals surface area contributed by atoms with Crippen LogP contribution < -0.4 is 0 Å². The number of rotatable bonds is 1. The molecule has 1 aromatic heterocycles. The van der Waals surface area contributed by atoms with Crippen molar-refractivity contribution in [1.29, 1.82) is 0 Å². The second kappa shape index (κ2) is 3.25. The highest BCUT2D eigenvalue weighted by molar-refractivity contribution is 5.55. The summed E-state index contributed by atoms with van der Waals surface area (Å²) < 4.78 is 5.08. The summed E-state index contributed by atoms with van der Waals surface area (Å²) in [7, 11) is 0. The molecule has 3 heteroatoms. The van der Waals surface area contributed by atoms with E-state index in [2.05, 4.69) is 36.1 Å². The van der Waals surface area contributed by atoms with Crippen LogP contribution in [0.4, 0.5) is 0 Å². The van der Waals surface area contributed by atoms with E-state index in [1.807, 2.05) is 13.0 Å². The topological polar surface area (TPSA) is 38.9 Å². The second-order valence-corrected chi connectivity index (χ2v) is 3.45. The average molecular weight is 188 g/mol. The molecule has 0 aliphatic carbocycles. The molecule has 0 saturated heterocycles. The molecule has 0 radical (unpaired) electrons. The van der Waals surface area contributed by atoms with Crippen molar-refractivity contribution in [2.24, 2.45) is 0 Å². The van der Waals surface area contributed by atoms with Crippen LogP contribution in [0.3, 0.4) is 0 Å². The van der Waals surface area contributed by atoms with Gasteiger partial charge in [0.25, 0.3) is 5.89 Å². The molecular formula is C11H12N2O. The van der Waals surface area contributed by atoms with Crippen molar-refractivity contribution in [2.45, 2.75) is 20.8 Å². The summed E-state index contributed by atoms with van der Waals surface area (Å²) in [6.45, 7) is 5.97. The number of hydrogen-bond acceptors (Lipinski definition) is 3. The third-order valence-electron chi connectivity index (χ3n) is 2.28. The van der Waals surface area contributed by atoms with E-state index in [1.54, 1.807) is 0 Å². The quantitative estimate of drug-likeness (QED) is 0.690. The van der Waals surface area contributed by atoms with Crippen molar-refractivity contribution in [2.75, 3.05) is 0 Å². The van der Waals surface area contributed by atoms with Crippen LogP contribution in [0, 0.1) is 20.8 Å². The third kappa shape index (κ3) is 1.53. The van der Waals surface area contributed by atoms with Crippen LogP contribution in [0.25, 0.3) is 11.5 Å². The lowest BCUT2D eigenvalue weighted by Gasteiger charge is -2.00. The normalized spacial score (nSPS) is 10.5. The van der Waals surface area contributed by atoms with Crippen molar-refractivity contribution in [1.82, 2.24) is 10.1 Å². The van der Waals surface area contributed by atoms with Gasteiger partial charge in [0.1, 0.15) is 0 Å². The Hall–Kier alpha value is -1.64. The van der Waals surface area contributed by atoms with Crippen molar-refractivity contribution >= 4 is 0 Å². The molecule has 0 N–H and O–H groups in total. The number of aromatic nitrogens is 2. The summed E-state index contributed by atoms with van der Waals surface area (Å²) >= 11 is 0. The zero-order chi connectivity index (χ0) is 10.1. The average Bonchev–Trinajstić information content (AvgIpc) is 2.57. The predicted octanol–water partition coefficient (Wildman–Crippen LogP) is 2.66. The fourth-order valence-electron chi connectivity index (χ4n) is 1.29. The van der Waals surface area contributed by atoms with Gasteiger partial charge in [-0.2, -0.15) is 4.98 Å². The number of aryl methyl sites for hydroxylation is 3. The van der Waals surface area contributed by atoms with Gasteiger partial charge in [-0.3, -0.25) is 0 Å². The molecule has 0 aliphatic rings. The molecule has 2 rings (SSSR count). The Labute approximate surface area is 82.8 Å². The smallest absolute Gasteiger partial charge is 0.257 e. The van der Waals surface area contributed by atoms with E-state index in [1.165, 1.54) is 11.1 Å². The van der Waals surface area contributed by atoms with Crippen LogP contribution in [0.15, 0.2) is 22.7 Å². The lowest BCUT2D eigenvalue weighted by atomic mass is 10.1. The molecular weight excluding hydrogens is 176 g/mol. The van der Waals surface area contributed by atoms with E-state index < -0.39 is 0 Å². The molecule has 72 valence electrons. The largest absolute Gasteiger partial charge is 0.334 e. The first kappa shape index (κ1) is 8.94. The van der Waals surface area contributed by atoms with Gasteiger partial charge < -0.3 is 4.52 Å². The molecule has 0 bridgehead atoms. The Bertz CT molecular complexity index is 460. The lowest BCUT2D eigenvalue weighted by molar-refractivity contribution is 0.425. The Morgan fingerprint density at radius 1 is 1.07 bits per heavy atom. The molecule has 0 aliphatic heterocycles. The minimum atomic E-state index is 0.589. The Balaban J connectivity index is 2.47. The first-order valence-electron chi connectivity index (χ1n) is 4.55. The van der Waals surface area contributed by atoms with Crippen LogP contribution in [-0.4, -0.2) is 10.1 Å². The summed E-state index contributed by atoms with van der Waals surface area (Å²) in [6.07, 6.45) is 0. The third-order valence-corrected chi connectivity index (χ3v) is 2.28. The van der Waals surface area contributed by atoms with E-state index in [0.717, 1.165) is 5.56 Å². The molecule has 2 aromatic rings. The van der Waals surface area contributed by atoms with Crippen molar-refractivity contribution in [3.8, 4) is 11.5 Å². The maximum absolute atomic E-state index is 5.08. The molecule has 0 spiro atoms. The molecule has 14 heavy (non-hydrogen) atoms. The molecule has 0 atom stereocenters. The van der Waals surface area contributed by atoms with Gasteiger partial charge in [0, 0.05) is 5.56 Å². The molecule has 1 heterocycles. The van der Waals surface area contributed by atoms with Crippen LogP contribution in [0.2, 0.25) is 0 Å². The fourth-order valence-corrected chi connectivity index (χ4v) is 1.29. The van der Waals surface area contributed by atoms with Crippen molar-refractivity contribution < 1.29 is 4.52 Å². The molecule has 1 aromatic carbocycles. The minimum absolute atomic E-state index is 0.589. The van der Waals surface area contributed by atoms with Gasteiger partial charge in [0.05, 0.1) is 0 Å². The van der Waals surface area contributed by atoms with Crippen LogP contribution >= 0.6 is 0 Å². The van der Waals surface area contributed by atoms with Gasteiger partial charge in [0.15, 0.2) is 5.82 Å². The zero-order valence-electron chi connectivity index (χ0n) is 8.53. The van der Waals surface area contributed by atoms with Gasteiger partial charge >= 0.3 is 0 Å². The van der Waals surface area contributed by atoms with Gasteiger partial charge in [-0.25, -0.2) is 0 Å². The first-order valence-corrected chi connectivity index (χ1v) is 4.55. The second-order valence-electron chi connectivity index (χ2n) is 3.45. The van der Waals surface area contributed by atoms with Crippen LogP contribution in [0.5, 0.6) is 0 Å². The maximum atomic E-state index is 5.08. The Morgan fingerprint density at radius 3 is 2.43 bits per heavy atom.